The third-order valence-electron chi connectivity index (χ3n) is 1.99. The zero-order valence-corrected chi connectivity index (χ0v) is 10.3. The fourth-order valence-electron chi connectivity index (χ4n) is 1.35. The van der Waals surface area contributed by atoms with Crippen molar-refractivity contribution in [1.82, 2.24) is 0 Å². The Morgan fingerprint density at radius 1 is 1.46 bits per heavy atom. The molecule has 1 aliphatic rings. The Labute approximate surface area is 88.7 Å². The third kappa shape index (κ3) is 3.04. The number of hydrogen-bond acceptors (Lipinski definition) is 2. The van der Waals surface area contributed by atoms with Gasteiger partial charge in [0, 0.05) is 0 Å². The van der Waals surface area contributed by atoms with Crippen LogP contribution in [0.4, 0.5) is 0 Å². The predicted octanol–water partition coefficient (Wildman–Crippen LogP) is 1.85. The van der Waals surface area contributed by atoms with E-state index < -0.39 is 0 Å². The van der Waals surface area contributed by atoms with Gasteiger partial charge in [-0.05, 0) is 0 Å². The van der Waals surface area contributed by atoms with E-state index in [9.17, 15) is 4.79 Å². The molecule has 0 atom stereocenters. The first-order valence-electron chi connectivity index (χ1n) is 4.27. The van der Waals surface area contributed by atoms with Gasteiger partial charge in [-0.3, -0.25) is 0 Å². The molecule has 0 radical (unpaired) electrons. The van der Waals surface area contributed by atoms with E-state index in [1.165, 1.54) is 19.4 Å². The number of carbonyl (C=O) groups is 1. The number of rotatable bonds is 1. The average Bonchev–Trinajstić information content (AvgIpc) is 2.19. The van der Waals surface area contributed by atoms with E-state index >= 15 is 0 Å². The fourth-order valence-corrected chi connectivity index (χ4v) is 2.29. The van der Waals surface area contributed by atoms with Crippen LogP contribution in [-0.4, -0.2) is 14.8 Å². The average molecular weight is 348 g/mol. The van der Waals surface area contributed by atoms with Crippen molar-refractivity contribution in [2.45, 2.75) is 25.7 Å². The van der Waals surface area contributed by atoms with Crippen LogP contribution in [0.1, 0.15) is 25.7 Å². The first-order chi connectivity index (χ1) is 6.11. The standard InChI is InChI=1S/C10H12O2.W/c1-8(11)6-9-4-2-3-5-10(12)7-9;/h6,11H,1-5H2;. The van der Waals surface area contributed by atoms with Crippen LogP contribution in [0.25, 0.3) is 0 Å². The van der Waals surface area contributed by atoms with E-state index in [0.717, 1.165) is 28.7 Å². The van der Waals surface area contributed by atoms with Gasteiger partial charge in [0.25, 0.3) is 0 Å². The van der Waals surface area contributed by atoms with Crippen molar-refractivity contribution < 1.29 is 29.3 Å². The van der Waals surface area contributed by atoms with Gasteiger partial charge in [0.15, 0.2) is 0 Å². The van der Waals surface area contributed by atoms with Crippen LogP contribution in [0.5, 0.6) is 0 Å². The molecule has 13 heavy (non-hydrogen) atoms. The maximum absolute atomic E-state index is 11.4. The number of hydrogen-bond donors (Lipinski definition) is 1. The molecule has 0 aliphatic heterocycles. The topological polar surface area (TPSA) is 37.3 Å². The van der Waals surface area contributed by atoms with E-state index in [4.69, 9.17) is 5.11 Å². The number of allylic oxidation sites excluding steroid dienone is 2. The summed E-state index contributed by atoms with van der Waals surface area (Å²) in [6.45, 7) is 3.40. The molecule has 70 valence electrons. The summed E-state index contributed by atoms with van der Waals surface area (Å²) in [5.41, 5.74) is 0.977. The summed E-state index contributed by atoms with van der Waals surface area (Å²) in [4.78, 5) is 11.4. The Kier molecular flexibility index (Phi) is 3.80. The predicted molar refractivity (Wildman–Crippen MR) is 48.3 cm³/mol. The fraction of sp³-hybridized carbons (Fsp3) is 0.400. The minimum absolute atomic E-state index is 0.0449. The molecule has 1 fully saturated rings. The molecule has 0 aromatic rings. The maximum atomic E-state index is 11.4. The van der Waals surface area contributed by atoms with Crippen molar-refractivity contribution in [3.05, 3.63) is 24.0 Å². The van der Waals surface area contributed by atoms with Crippen molar-refractivity contribution >= 4 is 9.68 Å². The van der Waals surface area contributed by atoms with Crippen LogP contribution >= 0.6 is 0 Å². The summed E-state index contributed by atoms with van der Waals surface area (Å²) < 4.78 is 0.868. The van der Waals surface area contributed by atoms with Crippen molar-refractivity contribution in [3.63, 3.8) is 0 Å². The first-order valence-corrected chi connectivity index (χ1v) is 5.74. The number of aliphatic hydroxyl groups is 1. The quantitative estimate of drug-likeness (QED) is 0.580. The molecule has 0 amide bonds. The number of carbonyl (C=O) groups excluding carboxylic acids is 1. The van der Waals surface area contributed by atoms with Gasteiger partial charge in [-0.25, -0.2) is 0 Å². The van der Waals surface area contributed by atoms with Crippen LogP contribution in [0.15, 0.2) is 24.0 Å². The Hall–Kier alpha value is -0.492. The molecule has 0 heterocycles. The summed E-state index contributed by atoms with van der Waals surface area (Å²) in [5, 5.41) is 9.01. The van der Waals surface area contributed by atoms with Gasteiger partial charge in [0.2, 0.25) is 0 Å². The van der Waals surface area contributed by atoms with Crippen molar-refractivity contribution in [3.8, 4) is 0 Å². The second-order valence-electron chi connectivity index (χ2n) is 3.12. The molecule has 1 saturated carbocycles. The van der Waals surface area contributed by atoms with Gasteiger partial charge in [-0.1, -0.05) is 0 Å². The molecule has 1 aliphatic carbocycles. The Morgan fingerprint density at radius 3 is 2.69 bits per heavy atom. The van der Waals surface area contributed by atoms with Crippen LogP contribution < -0.4 is 0 Å². The van der Waals surface area contributed by atoms with Crippen LogP contribution in [0.3, 0.4) is 0 Å². The summed E-state index contributed by atoms with van der Waals surface area (Å²) in [6.07, 6.45) is 5.16. The Balaban J connectivity index is 2.88. The zero-order valence-electron chi connectivity index (χ0n) is 7.38. The SMILES string of the molecule is C=C(O)C=C1CCCCC(=O)[C]1=[W]. The van der Waals surface area contributed by atoms with Crippen molar-refractivity contribution in [1.29, 1.82) is 0 Å². The van der Waals surface area contributed by atoms with Gasteiger partial charge in [-0.15, -0.1) is 0 Å². The van der Waals surface area contributed by atoms with E-state index in [0.29, 0.717) is 6.42 Å². The van der Waals surface area contributed by atoms with Crippen molar-refractivity contribution in [2.24, 2.45) is 0 Å². The first kappa shape index (κ1) is 10.6. The summed E-state index contributed by atoms with van der Waals surface area (Å²) in [7, 11) is 0. The second kappa shape index (κ2) is 4.66. The molecule has 1 N–H and O–H groups in total. The van der Waals surface area contributed by atoms with Crippen molar-refractivity contribution in [2.75, 3.05) is 0 Å². The van der Waals surface area contributed by atoms with Gasteiger partial charge < -0.3 is 0 Å². The molecular weight excluding hydrogens is 336 g/mol. The zero-order chi connectivity index (χ0) is 9.84. The van der Waals surface area contributed by atoms with E-state index in [2.05, 4.69) is 6.58 Å². The number of ketones is 1. The molecule has 0 aromatic heterocycles. The van der Waals surface area contributed by atoms with Gasteiger partial charge in [-0.2, -0.15) is 0 Å². The van der Waals surface area contributed by atoms with Gasteiger partial charge in [0.1, 0.15) is 0 Å². The van der Waals surface area contributed by atoms with Crippen LogP contribution in [-0.2, 0) is 24.1 Å². The molecular formula is C10H12O2W. The monoisotopic (exact) mass is 348 g/mol. The summed E-state index contributed by atoms with van der Waals surface area (Å²) in [6, 6.07) is 0. The van der Waals surface area contributed by atoms with E-state index in [-0.39, 0.29) is 11.5 Å². The molecule has 3 heteroatoms. The molecule has 0 spiro atoms. The molecule has 0 unspecified atom stereocenters. The molecule has 0 aromatic carbocycles. The Bertz CT molecular complexity index is 289. The third-order valence-corrected chi connectivity index (χ3v) is 3.75. The Morgan fingerprint density at radius 2 is 2.08 bits per heavy atom. The number of aliphatic hydroxyl groups excluding tert-OH is 1. The normalized spacial score (nSPS) is 21.7. The molecule has 0 saturated heterocycles. The van der Waals surface area contributed by atoms with Crippen LogP contribution in [0.2, 0.25) is 0 Å². The van der Waals surface area contributed by atoms with E-state index in [1.54, 1.807) is 6.08 Å². The number of Topliss-reactive ketones (excluding diaryl/α,β-unsaturated/α-hetero) is 1. The summed E-state index contributed by atoms with van der Waals surface area (Å²) >= 11 is 1.19. The van der Waals surface area contributed by atoms with Crippen LogP contribution in [0, 0.1) is 0 Å². The molecule has 0 bridgehead atoms. The van der Waals surface area contributed by atoms with E-state index in [1.807, 2.05) is 0 Å². The van der Waals surface area contributed by atoms with Gasteiger partial charge >= 0.3 is 88.6 Å². The second-order valence-corrected chi connectivity index (χ2v) is 4.59. The molecule has 2 nitrogen and oxygen atoms in total. The van der Waals surface area contributed by atoms with Gasteiger partial charge in [0.05, 0.1) is 0 Å². The minimum atomic E-state index is 0.0449. The summed E-state index contributed by atoms with van der Waals surface area (Å²) in [5.74, 6) is 0.281. The molecule has 1 rings (SSSR count).